The molecular formula is C14H21NO. The van der Waals surface area contributed by atoms with Crippen LogP contribution in [0.1, 0.15) is 49.8 Å². The van der Waals surface area contributed by atoms with E-state index in [4.69, 9.17) is 5.73 Å². The van der Waals surface area contributed by atoms with Crippen LogP contribution in [0.15, 0.2) is 18.2 Å². The van der Waals surface area contributed by atoms with Gasteiger partial charge in [0.2, 0.25) is 0 Å². The van der Waals surface area contributed by atoms with E-state index in [0.717, 1.165) is 17.5 Å². The Morgan fingerprint density at radius 2 is 2.06 bits per heavy atom. The van der Waals surface area contributed by atoms with Gasteiger partial charge in [-0.1, -0.05) is 38.0 Å². The lowest BCUT2D eigenvalue weighted by Crippen LogP contribution is -2.19. The van der Waals surface area contributed by atoms with Crippen LogP contribution in [0.4, 0.5) is 0 Å². The van der Waals surface area contributed by atoms with E-state index in [1.54, 1.807) is 0 Å². The van der Waals surface area contributed by atoms with Crippen molar-refractivity contribution in [2.75, 3.05) is 0 Å². The van der Waals surface area contributed by atoms with Crippen LogP contribution in [0.25, 0.3) is 0 Å². The first-order chi connectivity index (χ1) is 7.74. The summed E-state index contributed by atoms with van der Waals surface area (Å²) in [6, 6.07) is 5.95. The van der Waals surface area contributed by atoms with Crippen molar-refractivity contribution in [3.05, 3.63) is 29.3 Å². The highest BCUT2D eigenvalue weighted by atomic mass is 16.3. The minimum Gasteiger partial charge on any atom is -0.507 e. The van der Waals surface area contributed by atoms with E-state index in [-0.39, 0.29) is 6.04 Å². The topological polar surface area (TPSA) is 46.2 Å². The van der Waals surface area contributed by atoms with E-state index in [1.165, 1.54) is 25.7 Å². The van der Waals surface area contributed by atoms with Crippen molar-refractivity contribution in [2.24, 2.45) is 11.7 Å². The number of aromatic hydroxyl groups is 1. The van der Waals surface area contributed by atoms with Crippen LogP contribution in [0.3, 0.4) is 0 Å². The van der Waals surface area contributed by atoms with E-state index < -0.39 is 0 Å². The molecule has 1 fully saturated rings. The highest BCUT2D eigenvalue weighted by Gasteiger charge is 2.25. The van der Waals surface area contributed by atoms with Gasteiger partial charge in [-0.2, -0.15) is 0 Å². The molecule has 0 bridgehead atoms. The van der Waals surface area contributed by atoms with Crippen molar-refractivity contribution < 1.29 is 5.11 Å². The number of benzene rings is 1. The van der Waals surface area contributed by atoms with Gasteiger partial charge in [-0.05, 0) is 30.7 Å². The summed E-state index contributed by atoms with van der Waals surface area (Å²) in [6.07, 6.45) is 5.84. The van der Waals surface area contributed by atoms with Crippen LogP contribution >= 0.6 is 0 Å². The van der Waals surface area contributed by atoms with Gasteiger partial charge >= 0.3 is 0 Å². The molecule has 1 aliphatic carbocycles. The molecule has 0 unspecified atom stereocenters. The first kappa shape index (κ1) is 11.5. The number of hydrogen-bond donors (Lipinski definition) is 2. The maximum atomic E-state index is 10.1. The SMILES string of the molecule is CCc1cccc([C@@H](N)C2CCCC2)c1O. The predicted octanol–water partition coefficient (Wildman–Crippen LogP) is 3.14. The van der Waals surface area contributed by atoms with E-state index >= 15 is 0 Å². The lowest BCUT2D eigenvalue weighted by molar-refractivity contribution is 0.409. The highest BCUT2D eigenvalue weighted by molar-refractivity contribution is 5.42. The fraction of sp³-hybridized carbons (Fsp3) is 0.571. The minimum absolute atomic E-state index is 0.00833. The zero-order chi connectivity index (χ0) is 11.5. The largest absolute Gasteiger partial charge is 0.507 e. The van der Waals surface area contributed by atoms with Gasteiger partial charge in [-0.25, -0.2) is 0 Å². The zero-order valence-corrected chi connectivity index (χ0v) is 9.95. The Morgan fingerprint density at radius 1 is 1.38 bits per heavy atom. The summed E-state index contributed by atoms with van der Waals surface area (Å²) in [5.74, 6) is 0.974. The predicted molar refractivity (Wildman–Crippen MR) is 66.4 cm³/mol. The molecule has 1 saturated carbocycles. The van der Waals surface area contributed by atoms with Gasteiger partial charge in [0, 0.05) is 11.6 Å². The van der Waals surface area contributed by atoms with Crippen molar-refractivity contribution in [3.8, 4) is 5.75 Å². The van der Waals surface area contributed by atoms with Crippen LogP contribution in [0, 0.1) is 5.92 Å². The first-order valence-electron chi connectivity index (χ1n) is 6.30. The van der Waals surface area contributed by atoms with Gasteiger partial charge in [0.25, 0.3) is 0 Å². The van der Waals surface area contributed by atoms with E-state index in [0.29, 0.717) is 11.7 Å². The smallest absolute Gasteiger partial charge is 0.123 e. The molecule has 1 aromatic carbocycles. The third kappa shape index (κ3) is 2.07. The lowest BCUT2D eigenvalue weighted by Gasteiger charge is -2.21. The second kappa shape index (κ2) is 4.88. The Morgan fingerprint density at radius 3 is 2.69 bits per heavy atom. The molecule has 0 amide bonds. The summed E-state index contributed by atoms with van der Waals surface area (Å²) in [7, 11) is 0. The van der Waals surface area contributed by atoms with Gasteiger partial charge < -0.3 is 10.8 Å². The average molecular weight is 219 g/mol. The average Bonchev–Trinajstić information content (AvgIpc) is 2.82. The number of nitrogens with two attached hydrogens (primary N) is 1. The van der Waals surface area contributed by atoms with Crippen LogP contribution < -0.4 is 5.73 Å². The molecule has 0 heterocycles. The minimum atomic E-state index is 0.00833. The summed E-state index contributed by atoms with van der Waals surface area (Å²) in [4.78, 5) is 0. The van der Waals surface area contributed by atoms with E-state index in [1.807, 2.05) is 18.2 Å². The third-order valence-electron chi connectivity index (χ3n) is 3.80. The number of para-hydroxylation sites is 1. The first-order valence-corrected chi connectivity index (χ1v) is 6.30. The fourth-order valence-electron chi connectivity index (χ4n) is 2.74. The van der Waals surface area contributed by atoms with Gasteiger partial charge in [0.15, 0.2) is 0 Å². The molecule has 2 rings (SSSR count). The van der Waals surface area contributed by atoms with Crippen molar-refractivity contribution in [2.45, 2.75) is 45.1 Å². The molecule has 0 spiro atoms. The van der Waals surface area contributed by atoms with Crippen LogP contribution in [0.2, 0.25) is 0 Å². The molecule has 16 heavy (non-hydrogen) atoms. The molecule has 88 valence electrons. The van der Waals surface area contributed by atoms with Crippen molar-refractivity contribution in [3.63, 3.8) is 0 Å². The zero-order valence-electron chi connectivity index (χ0n) is 9.95. The Hall–Kier alpha value is -1.02. The quantitative estimate of drug-likeness (QED) is 0.820. The molecule has 0 aromatic heterocycles. The fourth-order valence-corrected chi connectivity index (χ4v) is 2.74. The Balaban J connectivity index is 2.25. The van der Waals surface area contributed by atoms with Crippen LogP contribution in [-0.2, 0) is 6.42 Å². The molecule has 0 radical (unpaired) electrons. The molecule has 2 nitrogen and oxygen atoms in total. The number of phenolic OH excluding ortho intramolecular Hbond substituents is 1. The molecule has 1 aromatic rings. The Labute approximate surface area is 97.5 Å². The summed E-state index contributed by atoms with van der Waals surface area (Å²) >= 11 is 0. The number of phenols is 1. The summed E-state index contributed by atoms with van der Waals surface area (Å²) in [5, 5.41) is 10.1. The molecule has 1 aliphatic rings. The Bertz CT molecular complexity index is 356. The van der Waals surface area contributed by atoms with Crippen molar-refractivity contribution in [1.29, 1.82) is 0 Å². The number of aryl methyl sites for hydroxylation is 1. The van der Waals surface area contributed by atoms with E-state index in [2.05, 4.69) is 6.92 Å². The standard InChI is InChI=1S/C14H21NO/c1-2-10-8-5-9-12(14(10)16)13(15)11-6-3-4-7-11/h5,8-9,11,13,16H,2-4,6-7,15H2,1H3/t13-/m0/s1. The van der Waals surface area contributed by atoms with Gasteiger partial charge in [-0.15, -0.1) is 0 Å². The normalized spacial score (nSPS) is 18.9. The summed E-state index contributed by atoms with van der Waals surface area (Å²) in [5.41, 5.74) is 8.21. The molecule has 2 heteroatoms. The van der Waals surface area contributed by atoms with Crippen molar-refractivity contribution in [1.82, 2.24) is 0 Å². The molecule has 0 saturated heterocycles. The van der Waals surface area contributed by atoms with Crippen LogP contribution in [0.5, 0.6) is 5.75 Å². The van der Waals surface area contributed by atoms with E-state index in [9.17, 15) is 5.11 Å². The van der Waals surface area contributed by atoms with Crippen LogP contribution in [-0.4, -0.2) is 5.11 Å². The van der Waals surface area contributed by atoms with Crippen molar-refractivity contribution >= 4 is 0 Å². The summed E-state index contributed by atoms with van der Waals surface area (Å²) in [6.45, 7) is 2.06. The molecule has 0 aliphatic heterocycles. The molecule has 1 atom stereocenters. The lowest BCUT2D eigenvalue weighted by atomic mass is 9.90. The van der Waals surface area contributed by atoms with Gasteiger partial charge in [0.1, 0.15) is 5.75 Å². The monoisotopic (exact) mass is 219 g/mol. The Kier molecular flexibility index (Phi) is 3.49. The molecule has 3 N–H and O–H groups in total. The second-order valence-electron chi connectivity index (χ2n) is 4.78. The third-order valence-corrected chi connectivity index (χ3v) is 3.80. The number of hydrogen-bond acceptors (Lipinski definition) is 2. The van der Waals surface area contributed by atoms with Gasteiger partial charge in [-0.3, -0.25) is 0 Å². The molecular weight excluding hydrogens is 198 g/mol. The maximum absolute atomic E-state index is 10.1. The number of rotatable bonds is 3. The van der Waals surface area contributed by atoms with Gasteiger partial charge in [0.05, 0.1) is 0 Å². The maximum Gasteiger partial charge on any atom is 0.123 e. The summed E-state index contributed by atoms with van der Waals surface area (Å²) < 4.78 is 0. The second-order valence-corrected chi connectivity index (χ2v) is 4.78. The highest BCUT2D eigenvalue weighted by Crippen LogP contribution is 2.38.